The van der Waals surface area contributed by atoms with Crippen molar-refractivity contribution in [3.8, 4) is 0 Å². The summed E-state index contributed by atoms with van der Waals surface area (Å²) in [7, 11) is 1.12. The molecule has 3 nitrogen and oxygen atoms in total. The molecule has 0 bridgehead atoms. The highest BCUT2D eigenvalue weighted by Gasteiger charge is 2.05. The van der Waals surface area contributed by atoms with E-state index >= 15 is 0 Å². The van der Waals surface area contributed by atoms with Crippen LogP contribution in [-0.2, 0) is 0 Å². The van der Waals surface area contributed by atoms with Crippen molar-refractivity contribution in [3.63, 3.8) is 0 Å². The predicted octanol–water partition coefficient (Wildman–Crippen LogP) is 0.513. The highest BCUT2D eigenvalue weighted by molar-refractivity contribution is 6.13. The fourth-order valence-electron chi connectivity index (χ4n) is 1.58. The maximum Gasteiger partial charge on any atom is 0.0961 e. The molecule has 0 aliphatic rings. The van der Waals surface area contributed by atoms with Crippen molar-refractivity contribution < 1.29 is 0 Å². The second-order valence-corrected chi connectivity index (χ2v) is 6.53. The topological polar surface area (TPSA) is 36.1 Å². The van der Waals surface area contributed by atoms with Gasteiger partial charge in [-0.2, -0.15) is 0 Å². The minimum absolute atomic E-state index is 0.463. The lowest BCUT2D eigenvalue weighted by Crippen LogP contribution is -2.39. The van der Waals surface area contributed by atoms with Crippen LogP contribution in [0.3, 0.4) is 0 Å². The summed E-state index contributed by atoms with van der Waals surface area (Å²) in [5, 5.41) is 10.4. The summed E-state index contributed by atoms with van der Waals surface area (Å²) in [5.74, 6) is 1.15. The van der Waals surface area contributed by atoms with Gasteiger partial charge in [-0.25, -0.2) is 0 Å². The van der Waals surface area contributed by atoms with Crippen molar-refractivity contribution in [2.75, 3.05) is 0 Å². The largest absolute Gasteiger partial charge is 0.370 e. The Morgan fingerprint density at radius 3 is 1.62 bits per heavy atom. The Morgan fingerprint density at radius 1 is 0.875 bits per heavy atom. The van der Waals surface area contributed by atoms with Crippen LogP contribution in [0.2, 0.25) is 0 Å². The molecule has 96 valence electrons. The molecule has 0 rings (SSSR count). The van der Waals surface area contributed by atoms with Crippen LogP contribution >= 0.6 is 0 Å². The van der Waals surface area contributed by atoms with E-state index < -0.39 is 0 Å². The van der Waals surface area contributed by atoms with Gasteiger partial charge in [-0.3, -0.25) is 0 Å². The SMILES string of the molecule is CC(C)NC(=CC([SiH3])NC(C)C)NC(C)C. The number of hydrogen-bond donors (Lipinski definition) is 3. The lowest BCUT2D eigenvalue weighted by molar-refractivity contribution is 0.550. The van der Waals surface area contributed by atoms with Crippen LogP contribution < -0.4 is 16.0 Å². The van der Waals surface area contributed by atoms with Crippen LogP contribution in [0.15, 0.2) is 11.9 Å². The first-order valence-electron chi connectivity index (χ1n) is 6.32. The van der Waals surface area contributed by atoms with Crippen LogP contribution in [0.1, 0.15) is 41.5 Å². The molecule has 1 unspecified atom stereocenters. The number of rotatable bonds is 7. The Morgan fingerprint density at radius 2 is 1.31 bits per heavy atom. The van der Waals surface area contributed by atoms with Gasteiger partial charge in [0.05, 0.1) is 5.82 Å². The summed E-state index contributed by atoms with van der Waals surface area (Å²) in [6.45, 7) is 13.0. The van der Waals surface area contributed by atoms with Gasteiger partial charge in [0, 0.05) is 34.0 Å². The summed E-state index contributed by atoms with van der Waals surface area (Å²) in [4.78, 5) is 0. The second kappa shape index (κ2) is 7.74. The zero-order valence-electron chi connectivity index (χ0n) is 11.9. The van der Waals surface area contributed by atoms with E-state index in [1.807, 2.05) is 0 Å². The molecule has 0 aliphatic heterocycles. The van der Waals surface area contributed by atoms with Gasteiger partial charge in [0.15, 0.2) is 0 Å². The first-order chi connectivity index (χ1) is 7.31. The number of nitrogens with one attached hydrogen (secondary N) is 3. The third-order valence-electron chi connectivity index (χ3n) is 1.90. The monoisotopic (exact) mass is 243 g/mol. The smallest absolute Gasteiger partial charge is 0.0961 e. The second-order valence-electron chi connectivity index (χ2n) is 5.29. The zero-order valence-corrected chi connectivity index (χ0v) is 13.9. The van der Waals surface area contributed by atoms with Crippen molar-refractivity contribution >= 4 is 10.2 Å². The third-order valence-corrected chi connectivity index (χ3v) is 2.57. The van der Waals surface area contributed by atoms with Crippen LogP contribution in [0.25, 0.3) is 0 Å². The molecule has 0 aromatic rings. The molecule has 0 aromatic carbocycles. The van der Waals surface area contributed by atoms with Gasteiger partial charge in [-0.05, 0) is 33.8 Å². The van der Waals surface area contributed by atoms with Crippen LogP contribution in [0.5, 0.6) is 0 Å². The Balaban J connectivity index is 4.40. The average Bonchev–Trinajstić information content (AvgIpc) is 1.97. The van der Waals surface area contributed by atoms with Gasteiger partial charge >= 0.3 is 0 Å². The average molecular weight is 243 g/mol. The molecule has 1 atom stereocenters. The van der Waals surface area contributed by atoms with Crippen LogP contribution in [-0.4, -0.2) is 34.0 Å². The Hall–Kier alpha value is -0.483. The fourth-order valence-corrected chi connectivity index (χ4v) is 2.58. The van der Waals surface area contributed by atoms with Gasteiger partial charge in [0.2, 0.25) is 0 Å². The minimum Gasteiger partial charge on any atom is -0.370 e. The Bertz CT molecular complexity index is 200. The molecule has 16 heavy (non-hydrogen) atoms. The van der Waals surface area contributed by atoms with E-state index in [1.54, 1.807) is 0 Å². The molecule has 3 N–H and O–H groups in total. The standard InChI is InChI=1S/C12H29N3Si/c1-8(2)13-11(14-9(3)4)7-12(16)15-10(5)6/h7-10,12-15H,1-6,16H3. The van der Waals surface area contributed by atoms with Crippen molar-refractivity contribution in [3.05, 3.63) is 11.9 Å². The fraction of sp³-hybridized carbons (Fsp3) is 0.833. The van der Waals surface area contributed by atoms with E-state index in [1.165, 1.54) is 0 Å². The first kappa shape index (κ1) is 15.5. The minimum atomic E-state index is 0.463. The Labute approximate surface area is 104 Å². The van der Waals surface area contributed by atoms with E-state index in [9.17, 15) is 0 Å². The van der Waals surface area contributed by atoms with Crippen molar-refractivity contribution in [2.24, 2.45) is 0 Å². The van der Waals surface area contributed by atoms with E-state index in [0.29, 0.717) is 23.8 Å². The molecule has 0 saturated heterocycles. The lowest BCUT2D eigenvalue weighted by Gasteiger charge is -2.21. The molecule has 0 aliphatic carbocycles. The van der Waals surface area contributed by atoms with E-state index in [-0.39, 0.29) is 0 Å². The summed E-state index contributed by atoms with van der Waals surface area (Å²) < 4.78 is 0. The van der Waals surface area contributed by atoms with Crippen LogP contribution in [0, 0.1) is 0 Å². The molecule has 0 fully saturated rings. The van der Waals surface area contributed by atoms with Gasteiger partial charge in [-0.1, -0.05) is 13.8 Å². The van der Waals surface area contributed by atoms with Crippen molar-refractivity contribution in [1.82, 2.24) is 16.0 Å². The van der Waals surface area contributed by atoms with E-state index in [0.717, 1.165) is 16.1 Å². The van der Waals surface area contributed by atoms with E-state index in [4.69, 9.17) is 0 Å². The predicted molar refractivity (Wildman–Crippen MR) is 76.6 cm³/mol. The summed E-state index contributed by atoms with van der Waals surface area (Å²) in [6, 6.07) is 1.47. The highest BCUT2D eigenvalue weighted by Crippen LogP contribution is 1.94. The summed E-state index contributed by atoms with van der Waals surface area (Å²) in [6.07, 6.45) is 2.27. The molecule has 0 amide bonds. The van der Waals surface area contributed by atoms with Gasteiger partial charge < -0.3 is 16.0 Å². The van der Waals surface area contributed by atoms with Crippen LogP contribution in [0.4, 0.5) is 0 Å². The molecule has 0 aromatic heterocycles. The maximum absolute atomic E-state index is 3.52. The molecular formula is C12H29N3Si. The van der Waals surface area contributed by atoms with Gasteiger partial charge in [0.25, 0.3) is 0 Å². The summed E-state index contributed by atoms with van der Waals surface area (Å²) >= 11 is 0. The molecule has 0 radical (unpaired) electrons. The molecule has 0 spiro atoms. The lowest BCUT2D eigenvalue weighted by atomic mass is 10.3. The molecule has 4 heteroatoms. The van der Waals surface area contributed by atoms with Gasteiger partial charge in [-0.15, -0.1) is 0 Å². The number of hydrogen-bond acceptors (Lipinski definition) is 3. The van der Waals surface area contributed by atoms with E-state index in [2.05, 4.69) is 63.6 Å². The molecular weight excluding hydrogens is 214 g/mol. The quantitative estimate of drug-likeness (QED) is 0.571. The van der Waals surface area contributed by atoms with Gasteiger partial charge in [0.1, 0.15) is 0 Å². The molecule has 0 saturated carbocycles. The summed E-state index contributed by atoms with van der Waals surface area (Å²) in [5.41, 5.74) is 0.507. The Kier molecular flexibility index (Phi) is 7.50. The highest BCUT2D eigenvalue weighted by atomic mass is 28.1. The zero-order chi connectivity index (χ0) is 12.7. The van der Waals surface area contributed by atoms with Crippen molar-refractivity contribution in [1.29, 1.82) is 0 Å². The van der Waals surface area contributed by atoms with Crippen molar-refractivity contribution in [2.45, 2.75) is 65.3 Å². The third kappa shape index (κ3) is 8.80. The first-order valence-corrected chi connectivity index (χ1v) is 7.47. The normalized spacial score (nSPS) is 13.3. The maximum atomic E-state index is 3.52. The molecule has 0 heterocycles.